The average Bonchev–Trinajstić information content (AvgIpc) is 2.93. The number of carbonyl (C=O) groups excluding carboxylic acids is 1. The highest BCUT2D eigenvalue weighted by atomic mass is 79.9. The fourth-order valence-electron chi connectivity index (χ4n) is 4.60. The molecule has 0 heterocycles. The van der Waals surface area contributed by atoms with Crippen molar-refractivity contribution in [3.05, 3.63) is 148 Å². The lowest BCUT2D eigenvalue weighted by molar-refractivity contribution is 0.0557. The fourth-order valence-corrected chi connectivity index (χ4v) is 5.93. The van der Waals surface area contributed by atoms with Crippen LogP contribution in [-0.2, 0) is 22.1 Å². The molecular formula is C31H26BrF2O4P. The van der Waals surface area contributed by atoms with Gasteiger partial charge in [0.2, 0.25) is 0 Å². The number of alkyl halides is 2. The highest BCUT2D eigenvalue weighted by molar-refractivity contribution is 9.10. The first-order chi connectivity index (χ1) is 18.5. The van der Waals surface area contributed by atoms with Crippen LogP contribution in [0.25, 0.3) is 6.08 Å². The van der Waals surface area contributed by atoms with Crippen molar-refractivity contribution in [2.45, 2.75) is 23.9 Å². The zero-order valence-corrected chi connectivity index (χ0v) is 23.2. The maximum atomic E-state index is 14.5. The van der Waals surface area contributed by atoms with Gasteiger partial charge in [0.25, 0.3) is 0 Å². The summed E-state index contributed by atoms with van der Waals surface area (Å²) >= 11 is 3.08. The van der Waals surface area contributed by atoms with Crippen LogP contribution < -0.4 is 0 Å². The topological polar surface area (TPSA) is 74.6 Å². The van der Waals surface area contributed by atoms with E-state index < -0.39 is 24.2 Å². The SMILES string of the molecule is O=C(c1ccccc1)C(C/C=C/c1ccccc1)(Cc1ccc(C(F)(F)P(=O)(O)O)c(Br)c1)c1ccccc1. The summed E-state index contributed by atoms with van der Waals surface area (Å²) in [7, 11) is -5.75. The van der Waals surface area contributed by atoms with E-state index in [1.54, 1.807) is 24.3 Å². The van der Waals surface area contributed by atoms with Crippen molar-refractivity contribution in [1.82, 2.24) is 0 Å². The lowest BCUT2D eigenvalue weighted by Gasteiger charge is -2.33. The molecule has 4 rings (SSSR count). The predicted octanol–water partition coefficient (Wildman–Crippen LogP) is 8.14. The molecule has 0 spiro atoms. The molecular weight excluding hydrogens is 585 g/mol. The fraction of sp³-hybridized carbons (Fsp3) is 0.129. The Morgan fingerprint density at radius 1 is 0.846 bits per heavy atom. The Morgan fingerprint density at radius 3 is 1.97 bits per heavy atom. The number of rotatable bonds is 10. The molecule has 0 saturated carbocycles. The summed E-state index contributed by atoms with van der Waals surface area (Å²) in [5.74, 6) is -0.132. The first-order valence-corrected chi connectivity index (χ1v) is 14.5. The standard InChI is InChI=1S/C31H26BrF2O4P/c32-28-21-24(18-19-27(28)31(33,34)39(36,37)38)22-30(26-16-8-3-9-17-26,29(35)25-14-6-2-7-15-25)20-10-13-23-11-4-1-5-12-23/h1-19,21H,20,22H2,(H2,36,37,38)/b13-10+. The number of allylic oxidation sites excluding steroid dienone is 1. The first kappa shape index (κ1) is 28.8. The third-order valence-electron chi connectivity index (χ3n) is 6.60. The normalized spacial score (nSPS) is 13.8. The first-order valence-electron chi connectivity index (χ1n) is 12.1. The molecule has 1 atom stereocenters. The quantitative estimate of drug-likeness (QED) is 0.140. The van der Waals surface area contributed by atoms with Gasteiger partial charge in [-0.15, -0.1) is 0 Å². The van der Waals surface area contributed by atoms with Crippen molar-refractivity contribution in [2.75, 3.05) is 0 Å². The van der Waals surface area contributed by atoms with E-state index in [0.717, 1.165) is 17.2 Å². The average molecular weight is 611 g/mol. The summed E-state index contributed by atoms with van der Waals surface area (Å²) in [6.45, 7) is 0. The molecule has 0 aliphatic heterocycles. The predicted molar refractivity (Wildman–Crippen MR) is 153 cm³/mol. The molecule has 0 saturated heterocycles. The number of halogens is 3. The second-order valence-corrected chi connectivity index (χ2v) is 11.7. The van der Waals surface area contributed by atoms with Crippen molar-refractivity contribution in [1.29, 1.82) is 0 Å². The third-order valence-corrected chi connectivity index (χ3v) is 8.23. The van der Waals surface area contributed by atoms with Crippen LogP contribution in [0.5, 0.6) is 0 Å². The van der Waals surface area contributed by atoms with Gasteiger partial charge in [-0.2, -0.15) is 8.78 Å². The second kappa shape index (κ2) is 11.9. The van der Waals surface area contributed by atoms with E-state index in [1.807, 2.05) is 78.9 Å². The maximum Gasteiger partial charge on any atom is 0.399 e. The van der Waals surface area contributed by atoms with Crippen molar-refractivity contribution in [3.8, 4) is 0 Å². The number of hydrogen-bond acceptors (Lipinski definition) is 2. The number of benzene rings is 4. The molecule has 1 unspecified atom stereocenters. The number of Topliss-reactive ketones (excluding diaryl/α,β-unsaturated/α-hetero) is 1. The molecule has 0 amide bonds. The molecule has 4 aromatic rings. The van der Waals surface area contributed by atoms with Gasteiger partial charge in [0, 0.05) is 15.6 Å². The molecule has 200 valence electrons. The van der Waals surface area contributed by atoms with E-state index in [9.17, 15) is 27.9 Å². The molecule has 0 aliphatic rings. The minimum atomic E-state index is -5.75. The minimum absolute atomic E-state index is 0.132. The van der Waals surface area contributed by atoms with Crippen molar-refractivity contribution in [3.63, 3.8) is 0 Å². The monoisotopic (exact) mass is 610 g/mol. The van der Waals surface area contributed by atoms with Crippen LogP contribution in [0.15, 0.2) is 120 Å². The van der Waals surface area contributed by atoms with Crippen molar-refractivity contribution in [2.24, 2.45) is 0 Å². The van der Waals surface area contributed by atoms with Gasteiger partial charge >= 0.3 is 13.3 Å². The van der Waals surface area contributed by atoms with Gasteiger partial charge in [0.15, 0.2) is 5.78 Å². The van der Waals surface area contributed by atoms with Crippen molar-refractivity contribution < 1.29 is 27.9 Å². The summed E-state index contributed by atoms with van der Waals surface area (Å²) in [6.07, 6.45) is 4.35. The van der Waals surface area contributed by atoms with Crippen LogP contribution >= 0.6 is 23.5 Å². The van der Waals surface area contributed by atoms with Crippen LogP contribution in [0, 0.1) is 0 Å². The summed E-state index contributed by atoms with van der Waals surface area (Å²) in [6, 6.07) is 31.7. The Labute approximate surface area is 234 Å². The highest BCUT2D eigenvalue weighted by Crippen LogP contribution is 2.60. The smallest absolute Gasteiger partial charge is 0.320 e. The zero-order chi connectivity index (χ0) is 28.1. The van der Waals surface area contributed by atoms with Crippen LogP contribution in [0.2, 0.25) is 0 Å². The van der Waals surface area contributed by atoms with Crippen LogP contribution in [-0.4, -0.2) is 15.6 Å². The Kier molecular flexibility index (Phi) is 8.77. The summed E-state index contributed by atoms with van der Waals surface area (Å²) < 4.78 is 40.3. The summed E-state index contributed by atoms with van der Waals surface area (Å²) in [4.78, 5) is 32.7. The minimum Gasteiger partial charge on any atom is -0.320 e. The molecule has 0 aromatic heterocycles. The lowest BCUT2D eigenvalue weighted by Crippen LogP contribution is -2.38. The van der Waals surface area contributed by atoms with E-state index in [2.05, 4.69) is 15.9 Å². The molecule has 4 aromatic carbocycles. The van der Waals surface area contributed by atoms with Crippen molar-refractivity contribution >= 4 is 35.4 Å². The lowest BCUT2D eigenvalue weighted by atomic mass is 9.68. The van der Waals surface area contributed by atoms with E-state index in [0.29, 0.717) is 17.5 Å². The van der Waals surface area contributed by atoms with Gasteiger partial charge in [0.1, 0.15) is 0 Å². The van der Waals surface area contributed by atoms with Crippen LogP contribution in [0.4, 0.5) is 8.78 Å². The van der Waals surface area contributed by atoms with E-state index >= 15 is 0 Å². The Bertz CT molecular complexity index is 1510. The molecule has 39 heavy (non-hydrogen) atoms. The van der Waals surface area contributed by atoms with E-state index in [-0.39, 0.29) is 16.7 Å². The highest BCUT2D eigenvalue weighted by Gasteiger charge is 2.51. The van der Waals surface area contributed by atoms with Crippen LogP contribution in [0.3, 0.4) is 0 Å². The van der Waals surface area contributed by atoms with Gasteiger partial charge in [-0.1, -0.05) is 131 Å². The van der Waals surface area contributed by atoms with E-state index in [1.165, 1.54) is 12.1 Å². The molecule has 2 N–H and O–H groups in total. The van der Waals surface area contributed by atoms with E-state index in [4.69, 9.17) is 0 Å². The third kappa shape index (κ3) is 6.34. The molecule has 0 aliphatic carbocycles. The molecule has 4 nitrogen and oxygen atoms in total. The summed E-state index contributed by atoms with van der Waals surface area (Å²) in [5, 5.41) is 0. The molecule has 8 heteroatoms. The Hall–Kier alpha value is -3.22. The molecule has 0 radical (unpaired) electrons. The number of carbonyl (C=O) groups is 1. The Morgan fingerprint density at radius 2 is 1.41 bits per heavy atom. The van der Waals surface area contributed by atoms with Gasteiger partial charge < -0.3 is 9.79 Å². The summed E-state index contributed by atoms with van der Waals surface area (Å²) in [5.41, 5.74) is -3.48. The zero-order valence-electron chi connectivity index (χ0n) is 20.8. The molecule has 0 bridgehead atoms. The van der Waals surface area contributed by atoms with Gasteiger partial charge in [-0.3, -0.25) is 9.36 Å². The number of ketones is 1. The number of hydrogen-bond donors (Lipinski definition) is 2. The Balaban J connectivity index is 1.83. The van der Waals surface area contributed by atoms with Gasteiger partial charge in [-0.25, -0.2) is 0 Å². The maximum absolute atomic E-state index is 14.5. The van der Waals surface area contributed by atoms with Crippen LogP contribution in [0.1, 0.15) is 39.0 Å². The molecule has 0 fully saturated rings. The van der Waals surface area contributed by atoms with Gasteiger partial charge in [0.05, 0.1) is 5.41 Å². The largest absolute Gasteiger partial charge is 0.399 e. The second-order valence-electron chi connectivity index (χ2n) is 9.24. The van der Waals surface area contributed by atoms with Gasteiger partial charge in [-0.05, 0) is 35.6 Å².